The Morgan fingerprint density at radius 1 is 0.604 bits per heavy atom. The normalized spacial score (nSPS) is 13.8. The van der Waals surface area contributed by atoms with Crippen LogP contribution in [0.1, 0.15) is 181 Å². The van der Waals surface area contributed by atoms with E-state index >= 15 is 0 Å². The molecule has 0 aliphatic carbocycles. The Balaban J connectivity index is 4.00. The fraction of sp³-hybridized carbons (Fsp3) is 0.872. The van der Waals surface area contributed by atoms with Crippen LogP contribution in [0, 0.1) is 0 Å². The summed E-state index contributed by atoms with van der Waals surface area (Å²) in [6, 6.07) is 0. The zero-order valence-electron chi connectivity index (χ0n) is 31.2. The second-order valence-electron chi connectivity index (χ2n) is 13.1. The number of rotatable bonds is 38. The Morgan fingerprint density at radius 2 is 1.08 bits per heavy atom. The van der Waals surface area contributed by atoms with E-state index in [0.717, 1.165) is 51.4 Å². The van der Waals surface area contributed by atoms with Crippen molar-refractivity contribution in [1.29, 1.82) is 0 Å². The van der Waals surface area contributed by atoms with Crippen molar-refractivity contribution in [2.45, 2.75) is 187 Å². The van der Waals surface area contributed by atoms with Gasteiger partial charge in [-0.2, -0.15) is 0 Å². The zero-order chi connectivity index (χ0) is 35.2. The van der Waals surface area contributed by atoms with Crippen molar-refractivity contribution in [2.75, 3.05) is 33.0 Å². The Hall–Kier alpha value is -1.02. The van der Waals surface area contributed by atoms with Gasteiger partial charge in [-0.3, -0.25) is 13.8 Å². The summed E-state index contributed by atoms with van der Waals surface area (Å²) in [6.45, 7) is 4.85. The van der Waals surface area contributed by atoms with E-state index in [2.05, 4.69) is 38.2 Å². The molecule has 3 N–H and O–H groups in total. The molecule has 0 saturated carbocycles. The van der Waals surface area contributed by atoms with Crippen LogP contribution >= 0.6 is 7.82 Å². The molecule has 0 aromatic rings. The Labute approximate surface area is 296 Å². The van der Waals surface area contributed by atoms with Gasteiger partial charge in [0.15, 0.2) is 0 Å². The third-order valence-corrected chi connectivity index (χ3v) is 9.31. The molecule has 48 heavy (non-hydrogen) atoms. The van der Waals surface area contributed by atoms with E-state index in [0.29, 0.717) is 13.0 Å². The standard InChI is InChI=1S/C39H76NO7P/c1-3-5-7-9-11-13-15-16-17-18-19-20-21-22-23-25-27-29-31-34-44-36-38(37-46-48(42,43)45-35-33-40)47-39(41)32-30-28-26-24-14-12-10-8-6-4-2/h8,10,17-18,38H,3-7,9,11-16,19-37,40H2,1-2H3,(H,42,43)/b10-8-,18-17-. The number of ether oxygens (including phenoxy) is 2. The fourth-order valence-corrected chi connectivity index (χ4v) is 6.17. The van der Waals surface area contributed by atoms with Gasteiger partial charge in [-0.15, -0.1) is 0 Å². The molecule has 0 spiro atoms. The molecule has 0 aliphatic heterocycles. The van der Waals surface area contributed by atoms with Crippen molar-refractivity contribution < 1.29 is 32.8 Å². The van der Waals surface area contributed by atoms with Crippen LogP contribution in [0.15, 0.2) is 24.3 Å². The van der Waals surface area contributed by atoms with Crippen LogP contribution in [-0.2, 0) is 27.9 Å². The molecular formula is C39H76NO7P. The van der Waals surface area contributed by atoms with Crippen LogP contribution in [0.4, 0.5) is 0 Å². The first-order chi connectivity index (χ1) is 23.4. The van der Waals surface area contributed by atoms with Gasteiger partial charge in [-0.1, -0.05) is 141 Å². The number of allylic oxidation sites excluding steroid dienone is 4. The van der Waals surface area contributed by atoms with E-state index in [1.54, 1.807) is 0 Å². The van der Waals surface area contributed by atoms with Gasteiger partial charge in [-0.05, 0) is 57.8 Å². The monoisotopic (exact) mass is 702 g/mol. The Morgan fingerprint density at radius 3 is 1.60 bits per heavy atom. The zero-order valence-corrected chi connectivity index (χ0v) is 32.1. The minimum absolute atomic E-state index is 0.0967. The predicted octanol–water partition coefficient (Wildman–Crippen LogP) is 11.3. The van der Waals surface area contributed by atoms with Crippen molar-refractivity contribution >= 4 is 13.8 Å². The van der Waals surface area contributed by atoms with Crippen LogP contribution in [0.25, 0.3) is 0 Å². The molecule has 0 aromatic heterocycles. The number of esters is 1. The molecule has 0 rings (SSSR count). The number of phosphoric ester groups is 1. The van der Waals surface area contributed by atoms with Crippen LogP contribution in [0.2, 0.25) is 0 Å². The number of nitrogens with two attached hydrogens (primary N) is 1. The average molecular weight is 702 g/mol. The molecule has 0 aliphatic rings. The maximum absolute atomic E-state index is 12.5. The smallest absolute Gasteiger partial charge is 0.457 e. The second kappa shape index (κ2) is 37.2. The van der Waals surface area contributed by atoms with Gasteiger partial charge in [-0.25, -0.2) is 4.57 Å². The molecule has 284 valence electrons. The summed E-state index contributed by atoms with van der Waals surface area (Å²) >= 11 is 0. The van der Waals surface area contributed by atoms with Crippen molar-refractivity contribution in [3.05, 3.63) is 24.3 Å². The molecule has 2 unspecified atom stereocenters. The first kappa shape index (κ1) is 47.0. The maximum Gasteiger partial charge on any atom is 0.472 e. The first-order valence-electron chi connectivity index (χ1n) is 19.8. The van der Waals surface area contributed by atoms with Gasteiger partial charge in [0.25, 0.3) is 0 Å². The lowest BCUT2D eigenvalue weighted by Gasteiger charge is -2.20. The van der Waals surface area contributed by atoms with Crippen molar-refractivity contribution in [1.82, 2.24) is 0 Å². The molecule has 8 nitrogen and oxygen atoms in total. The maximum atomic E-state index is 12.5. The van der Waals surface area contributed by atoms with Crippen LogP contribution in [-0.4, -0.2) is 49.9 Å². The fourth-order valence-electron chi connectivity index (χ4n) is 5.40. The number of unbranched alkanes of at least 4 members (excludes halogenated alkanes) is 21. The van der Waals surface area contributed by atoms with E-state index in [1.807, 2.05) is 0 Å². The molecule has 0 aromatic carbocycles. The van der Waals surface area contributed by atoms with Gasteiger partial charge < -0.3 is 20.1 Å². The van der Waals surface area contributed by atoms with E-state index in [9.17, 15) is 14.3 Å². The van der Waals surface area contributed by atoms with Crippen molar-refractivity contribution in [3.8, 4) is 0 Å². The van der Waals surface area contributed by atoms with Crippen molar-refractivity contribution in [3.63, 3.8) is 0 Å². The lowest BCUT2D eigenvalue weighted by molar-refractivity contribution is -0.154. The first-order valence-corrected chi connectivity index (χ1v) is 21.3. The van der Waals surface area contributed by atoms with Crippen LogP contribution < -0.4 is 5.73 Å². The van der Waals surface area contributed by atoms with Crippen LogP contribution in [0.3, 0.4) is 0 Å². The summed E-state index contributed by atoms with van der Waals surface area (Å²) in [7, 11) is -4.27. The molecule has 0 fully saturated rings. The number of hydrogen-bond donors (Lipinski definition) is 2. The van der Waals surface area contributed by atoms with Gasteiger partial charge in [0, 0.05) is 19.6 Å². The minimum atomic E-state index is -4.27. The third-order valence-electron chi connectivity index (χ3n) is 8.32. The molecule has 0 radical (unpaired) electrons. The quantitative estimate of drug-likeness (QED) is 0.0283. The molecule has 9 heteroatoms. The Bertz CT molecular complexity index is 792. The van der Waals surface area contributed by atoms with Crippen LogP contribution in [0.5, 0.6) is 0 Å². The van der Waals surface area contributed by atoms with Gasteiger partial charge in [0.2, 0.25) is 0 Å². The highest BCUT2D eigenvalue weighted by Crippen LogP contribution is 2.43. The summed E-state index contributed by atoms with van der Waals surface area (Å²) in [6.07, 6.45) is 39.1. The minimum Gasteiger partial charge on any atom is -0.457 e. The molecule has 0 bridgehead atoms. The second-order valence-corrected chi connectivity index (χ2v) is 14.6. The summed E-state index contributed by atoms with van der Waals surface area (Å²) in [5.74, 6) is -0.343. The average Bonchev–Trinajstić information content (AvgIpc) is 3.07. The SMILES string of the molecule is CCC/C=C\CCCCCCCC(=O)OC(COCCCCCCCCCC/C=C\CCCCCCCCC)COP(=O)(O)OCCN. The number of hydrogen-bond acceptors (Lipinski definition) is 7. The van der Waals surface area contributed by atoms with Gasteiger partial charge in [0.05, 0.1) is 19.8 Å². The van der Waals surface area contributed by atoms with E-state index in [-0.39, 0.29) is 32.3 Å². The predicted molar refractivity (Wildman–Crippen MR) is 201 cm³/mol. The highest BCUT2D eigenvalue weighted by atomic mass is 31.2. The molecule has 0 heterocycles. The molecule has 0 amide bonds. The highest BCUT2D eigenvalue weighted by molar-refractivity contribution is 7.47. The molecule has 0 saturated heterocycles. The number of carbonyl (C=O) groups excluding carboxylic acids is 1. The third kappa shape index (κ3) is 36.3. The van der Waals surface area contributed by atoms with E-state index < -0.39 is 13.9 Å². The Kier molecular flexibility index (Phi) is 36.4. The summed E-state index contributed by atoms with van der Waals surface area (Å²) in [4.78, 5) is 22.3. The molecular weight excluding hydrogens is 625 g/mol. The number of carbonyl (C=O) groups is 1. The van der Waals surface area contributed by atoms with Crippen molar-refractivity contribution in [2.24, 2.45) is 5.73 Å². The summed E-state index contributed by atoms with van der Waals surface area (Å²) in [5.41, 5.74) is 5.35. The topological polar surface area (TPSA) is 117 Å². The summed E-state index contributed by atoms with van der Waals surface area (Å²) in [5, 5.41) is 0. The van der Waals surface area contributed by atoms with E-state index in [1.165, 1.54) is 109 Å². The molecule has 2 atom stereocenters. The lowest BCUT2D eigenvalue weighted by Crippen LogP contribution is -2.28. The number of phosphoric acid groups is 1. The van der Waals surface area contributed by atoms with Gasteiger partial charge >= 0.3 is 13.8 Å². The highest BCUT2D eigenvalue weighted by Gasteiger charge is 2.25. The van der Waals surface area contributed by atoms with Gasteiger partial charge in [0.1, 0.15) is 6.10 Å². The van der Waals surface area contributed by atoms with E-state index in [4.69, 9.17) is 24.3 Å². The largest absolute Gasteiger partial charge is 0.472 e. The lowest BCUT2D eigenvalue weighted by atomic mass is 10.1. The summed E-state index contributed by atoms with van der Waals surface area (Å²) < 4.78 is 33.3.